The number of halogens is 1. The maximum absolute atomic E-state index is 12.9. The summed E-state index contributed by atoms with van der Waals surface area (Å²) in [6.45, 7) is 3.65. The molecule has 5 heteroatoms. The summed E-state index contributed by atoms with van der Waals surface area (Å²) in [6, 6.07) is 12.3. The van der Waals surface area contributed by atoms with E-state index in [9.17, 15) is 4.55 Å². The van der Waals surface area contributed by atoms with E-state index in [0.717, 1.165) is 42.9 Å². The highest BCUT2D eigenvalue weighted by Crippen LogP contribution is 2.28. The largest absolute Gasteiger partial charge is 0.593 e. The van der Waals surface area contributed by atoms with Crippen LogP contribution in [0, 0.1) is 3.57 Å². The molecule has 1 unspecified atom stereocenters. The van der Waals surface area contributed by atoms with Gasteiger partial charge in [-0.1, -0.05) is 18.2 Å². The van der Waals surface area contributed by atoms with Gasteiger partial charge in [0.25, 0.3) is 0 Å². The molecule has 1 N–H and O–H groups in total. The number of hydrogen-bond donors (Lipinski definition) is 1. The smallest absolute Gasteiger partial charge is 0.181 e. The molecule has 1 fully saturated rings. The van der Waals surface area contributed by atoms with E-state index in [1.807, 2.05) is 18.2 Å². The molecule has 1 heterocycles. The molecule has 1 aliphatic heterocycles. The number of fused-ring (bicyclic) bond motifs is 1. The van der Waals surface area contributed by atoms with Gasteiger partial charge in [-0.2, -0.15) is 0 Å². The van der Waals surface area contributed by atoms with Crippen molar-refractivity contribution >= 4 is 44.7 Å². The predicted octanol–water partition coefficient (Wildman–Crippen LogP) is 2.76. The number of nitrogens with one attached hydrogen (secondary N) is 1. The van der Waals surface area contributed by atoms with Gasteiger partial charge in [0.15, 0.2) is 4.90 Å². The lowest BCUT2D eigenvalue weighted by Gasteiger charge is -2.23. The van der Waals surface area contributed by atoms with E-state index >= 15 is 0 Å². The summed E-state index contributed by atoms with van der Waals surface area (Å²) in [5.74, 6) is 0. The summed E-state index contributed by atoms with van der Waals surface area (Å²) >= 11 is 1.26. The fraction of sp³-hybridized carbons (Fsp3) is 0.333. The molecule has 2 aromatic rings. The SMILES string of the molecule is [O-][S+](c1cccc2c(I)cccc12)N1CCCNCC1. The third-order valence-corrected chi connectivity index (χ3v) is 6.06. The Bertz CT molecular complexity index is 599. The second-order valence-electron chi connectivity index (χ2n) is 4.87. The highest BCUT2D eigenvalue weighted by atomic mass is 127. The summed E-state index contributed by atoms with van der Waals surface area (Å²) in [6.07, 6.45) is 1.05. The summed E-state index contributed by atoms with van der Waals surface area (Å²) in [4.78, 5) is 0.933. The van der Waals surface area contributed by atoms with E-state index in [1.165, 1.54) is 8.96 Å². The van der Waals surface area contributed by atoms with Crippen LogP contribution in [0.15, 0.2) is 41.3 Å². The Morgan fingerprint density at radius 1 is 1.05 bits per heavy atom. The minimum atomic E-state index is -1.07. The molecule has 1 saturated heterocycles. The highest BCUT2D eigenvalue weighted by Gasteiger charge is 2.25. The lowest BCUT2D eigenvalue weighted by atomic mass is 10.1. The van der Waals surface area contributed by atoms with Gasteiger partial charge in [-0.15, -0.1) is 4.31 Å². The minimum absolute atomic E-state index is 0.840. The lowest BCUT2D eigenvalue weighted by Crippen LogP contribution is -2.34. The Labute approximate surface area is 136 Å². The molecule has 0 aliphatic carbocycles. The van der Waals surface area contributed by atoms with Crippen molar-refractivity contribution in [2.45, 2.75) is 11.3 Å². The van der Waals surface area contributed by atoms with Gasteiger partial charge in [0.2, 0.25) is 0 Å². The van der Waals surface area contributed by atoms with Crippen molar-refractivity contribution < 1.29 is 4.55 Å². The first-order valence-electron chi connectivity index (χ1n) is 6.82. The van der Waals surface area contributed by atoms with Gasteiger partial charge >= 0.3 is 0 Å². The average molecular weight is 400 g/mol. The molecule has 2 aromatic carbocycles. The highest BCUT2D eigenvalue weighted by molar-refractivity contribution is 14.1. The zero-order valence-corrected chi connectivity index (χ0v) is 14.1. The van der Waals surface area contributed by atoms with E-state index < -0.39 is 11.4 Å². The molecule has 0 bridgehead atoms. The van der Waals surface area contributed by atoms with Gasteiger partial charge in [0.1, 0.15) is 0 Å². The van der Waals surface area contributed by atoms with Gasteiger partial charge in [-0.3, -0.25) is 0 Å². The van der Waals surface area contributed by atoms with Gasteiger partial charge in [0, 0.05) is 27.4 Å². The van der Waals surface area contributed by atoms with E-state index in [-0.39, 0.29) is 0 Å². The third kappa shape index (κ3) is 2.96. The standard InChI is InChI=1S/C15H17IN2OS/c16-14-6-1-5-13-12(14)4-2-7-15(13)20(19)18-10-3-8-17-9-11-18/h1-2,4-7,17H,3,8-11H2. The van der Waals surface area contributed by atoms with Crippen molar-refractivity contribution in [2.24, 2.45) is 0 Å². The van der Waals surface area contributed by atoms with Crippen LogP contribution in [0.3, 0.4) is 0 Å². The Balaban J connectivity index is 1.98. The van der Waals surface area contributed by atoms with Gasteiger partial charge in [-0.25, -0.2) is 0 Å². The van der Waals surface area contributed by atoms with Crippen molar-refractivity contribution in [1.29, 1.82) is 0 Å². The molecule has 1 atom stereocenters. The molecule has 0 aromatic heterocycles. The molecule has 0 spiro atoms. The van der Waals surface area contributed by atoms with Crippen LogP contribution >= 0.6 is 22.6 Å². The molecule has 3 nitrogen and oxygen atoms in total. The normalized spacial score (nSPS) is 18.9. The lowest BCUT2D eigenvalue weighted by molar-refractivity contribution is 0.432. The van der Waals surface area contributed by atoms with Gasteiger partial charge < -0.3 is 9.87 Å². The van der Waals surface area contributed by atoms with Crippen LogP contribution in [-0.2, 0) is 11.4 Å². The van der Waals surface area contributed by atoms with Crippen LogP contribution in [0.5, 0.6) is 0 Å². The van der Waals surface area contributed by atoms with Crippen LogP contribution in [0.1, 0.15) is 6.42 Å². The maximum atomic E-state index is 12.9. The summed E-state index contributed by atoms with van der Waals surface area (Å²) in [7, 11) is 0. The van der Waals surface area contributed by atoms with E-state index in [4.69, 9.17) is 0 Å². The second kappa shape index (κ2) is 6.62. The fourth-order valence-electron chi connectivity index (χ4n) is 2.52. The first-order valence-corrected chi connectivity index (χ1v) is 9.01. The summed E-state index contributed by atoms with van der Waals surface area (Å²) in [5, 5.41) is 5.65. The molecule has 3 rings (SSSR count). The zero-order valence-electron chi connectivity index (χ0n) is 11.1. The monoisotopic (exact) mass is 400 g/mol. The van der Waals surface area contributed by atoms with Crippen LogP contribution in [-0.4, -0.2) is 35.0 Å². The number of rotatable bonds is 2. The predicted molar refractivity (Wildman–Crippen MR) is 92.1 cm³/mol. The zero-order chi connectivity index (χ0) is 13.9. The second-order valence-corrected chi connectivity index (χ2v) is 7.49. The van der Waals surface area contributed by atoms with Crippen molar-refractivity contribution in [3.63, 3.8) is 0 Å². The van der Waals surface area contributed by atoms with Crippen LogP contribution in [0.4, 0.5) is 0 Å². The topological polar surface area (TPSA) is 38.3 Å². The summed E-state index contributed by atoms with van der Waals surface area (Å²) in [5.41, 5.74) is 0. The molecule has 106 valence electrons. The summed E-state index contributed by atoms with van der Waals surface area (Å²) < 4.78 is 16.2. The molecule has 1 aliphatic rings. The van der Waals surface area contributed by atoms with Crippen LogP contribution in [0.2, 0.25) is 0 Å². The minimum Gasteiger partial charge on any atom is -0.593 e. The Morgan fingerprint density at radius 3 is 2.75 bits per heavy atom. The van der Waals surface area contributed by atoms with E-state index in [1.54, 1.807) is 0 Å². The quantitative estimate of drug-likeness (QED) is 0.623. The number of hydrogen-bond acceptors (Lipinski definition) is 3. The Morgan fingerprint density at radius 2 is 1.85 bits per heavy atom. The van der Waals surface area contributed by atoms with Crippen LogP contribution in [0.25, 0.3) is 10.8 Å². The van der Waals surface area contributed by atoms with Crippen molar-refractivity contribution in [2.75, 3.05) is 26.2 Å². The van der Waals surface area contributed by atoms with Crippen molar-refractivity contribution in [3.8, 4) is 0 Å². The fourth-order valence-corrected chi connectivity index (χ4v) is 4.59. The van der Waals surface area contributed by atoms with Gasteiger partial charge in [-0.05, 0) is 53.8 Å². The van der Waals surface area contributed by atoms with Crippen LogP contribution < -0.4 is 5.32 Å². The van der Waals surface area contributed by atoms with E-state index in [0.29, 0.717) is 0 Å². The van der Waals surface area contributed by atoms with Crippen molar-refractivity contribution in [3.05, 3.63) is 40.0 Å². The molecule has 0 saturated carbocycles. The Hall–Kier alpha value is -0.340. The first kappa shape index (κ1) is 14.6. The molecular formula is C15H17IN2OS. The molecule has 0 amide bonds. The average Bonchev–Trinajstić information content (AvgIpc) is 2.75. The molecule has 0 radical (unpaired) electrons. The number of benzene rings is 2. The van der Waals surface area contributed by atoms with Gasteiger partial charge in [0.05, 0.1) is 17.9 Å². The first-order chi connectivity index (χ1) is 9.77. The van der Waals surface area contributed by atoms with Crippen molar-refractivity contribution in [1.82, 2.24) is 9.62 Å². The Kier molecular flexibility index (Phi) is 4.83. The number of nitrogens with zero attached hydrogens (tertiary/aromatic N) is 1. The maximum Gasteiger partial charge on any atom is 0.181 e. The molecule has 20 heavy (non-hydrogen) atoms. The third-order valence-electron chi connectivity index (χ3n) is 3.55. The van der Waals surface area contributed by atoms with E-state index in [2.05, 4.69) is 50.4 Å². The molecular weight excluding hydrogens is 383 g/mol.